The molecule has 61 heavy (non-hydrogen) atoms. The number of hydrazone groups is 2. The van der Waals surface area contributed by atoms with Gasteiger partial charge in [-0.05, 0) is 31.9 Å². The highest BCUT2D eigenvalue weighted by Gasteiger charge is 2.16. The number of anilines is 4. The number of ether oxygens (including phenoxy) is 6. The number of carbonyl (C=O) groups excluding carboxylic acids is 2. The SMILES string of the molecule is CCOC(=O)NCCOc1cc(N2CCOCC2)cc(N/N=C/c2cccc(C)c2)n1.COC(=O)NCCOc1cc(N2CCOCC2)cc(N/N=C/c2cccc(C)c2)n1. The van der Waals surface area contributed by atoms with Crippen molar-refractivity contribution in [1.82, 2.24) is 20.6 Å². The Bertz CT molecular complexity index is 2040. The van der Waals surface area contributed by atoms with Crippen molar-refractivity contribution in [3.63, 3.8) is 0 Å². The van der Waals surface area contributed by atoms with Gasteiger partial charge in [0.1, 0.15) is 13.2 Å². The number of benzene rings is 2. The Hall–Kier alpha value is -6.66. The van der Waals surface area contributed by atoms with Crippen molar-refractivity contribution >= 4 is 47.6 Å². The average Bonchev–Trinajstić information content (AvgIpc) is 3.27. The molecule has 2 amide bonds. The number of rotatable bonds is 17. The highest BCUT2D eigenvalue weighted by Crippen LogP contribution is 2.26. The normalized spacial score (nSPS) is 13.8. The van der Waals surface area contributed by atoms with Gasteiger partial charge in [0.2, 0.25) is 11.8 Å². The fraction of sp³-hybridized carbons (Fsp3) is 0.395. The first kappa shape index (κ1) is 45.4. The Kier molecular flexibility index (Phi) is 18.7. The van der Waals surface area contributed by atoms with E-state index >= 15 is 0 Å². The average molecular weight is 841 g/mol. The third kappa shape index (κ3) is 16.5. The van der Waals surface area contributed by atoms with Crippen LogP contribution in [-0.4, -0.2) is 127 Å². The lowest BCUT2D eigenvalue weighted by Gasteiger charge is -2.29. The number of carbonyl (C=O) groups is 2. The van der Waals surface area contributed by atoms with Crippen LogP contribution in [0.3, 0.4) is 0 Å². The van der Waals surface area contributed by atoms with E-state index < -0.39 is 12.2 Å². The second-order valence-corrected chi connectivity index (χ2v) is 13.6. The van der Waals surface area contributed by atoms with Crippen molar-refractivity contribution < 1.29 is 38.0 Å². The van der Waals surface area contributed by atoms with Crippen molar-refractivity contribution in [3.8, 4) is 11.8 Å². The van der Waals surface area contributed by atoms with Crippen molar-refractivity contribution in [2.24, 2.45) is 10.2 Å². The highest BCUT2D eigenvalue weighted by atomic mass is 16.6. The molecule has 2 aromatic carbocycles. The number of nitrogens with zero attached hydrogens (tertiary/aromatic N) is 6. The lowest BCUT2D eigenvalue weighted by atomic mass is 10.2. The summed E-state index contributed by atoms with van der Waals surface area (Å²) in [6.45, 7) is 13.2. The third-order valence-corrected chi connectivity index (χ3v) is 8.90. The molecule has 4 heterocycles. The van der Waals surface area contributed by atoms with E-state index in [-0.39, 0.29) is 13.2 Å². The zero-order valence-electron chi connectivity index (χ0n) is 35.2. The molecule has 0 aliphatic carbocycles. The summed E-state index contributed by atoms with van der Waals surface area (Å²) in [7, 11) is 1.32. The van der Waals surface area contributed by atoms with Gasteiger partial charge in [-0.1, -0.05) is 59.7 Å². The van der Waals surface area contributed by atoms with Crippen LogP contribution in [0.2, 0.25) is 0 Å². The predicted octanol–water partition coefficient (Wildman–Crippen LogP) is 5.20. The molecule has 0 atom stereocenters. The maximum Gasteiger partial charge on any atom is 0.407 e. The Balaban J connectivity index is 0.000000231. The summed E-state index contributed by atoms with van der Waals surface area (Å²) in [6, 6.07) is 23.7. The molecule has 0 spiro atoms. The minimum absolute atomic E-state index is 0.265. The van der Waals surface area contributed by atoms with E-state index in [9.17, 15) is 9.59 Å². The smallest absolute Gasteiger partial charge is 0.407 e. The molecule has 0 radical (unpaired) electrons. The number of amides is 2. The quantitative estimate of drug-likeness (QED) is 0.0615. The largest absolute Gasteiger partial charge is 0.476 e. The Morgan fingerprint density at radius 1 is 0.689 bits per heavy atom. The number of alkyl carbamates (subject to hydrolysis) is 2. The van der Waals surface area contributed by atoms with Gasteiger partial charge in [-0.3, -0.25) is 10.9 Å². The molecule has 4 aromatic rings. The van der Waals surface area contributed by atoms with Crippen LogP contribution in [0.15, 0.2) is 83.0 Å². The molecule has 18 heteroatoms. The Morgan fingerprint density at radius 3 is 1.57 bits per heavy atom. The van der Waals surface area contributed by atoms with Crippen LogP contribution in [0.4, 0.5) is 32.6 Å². The summed E-state index contributed by atoms with van der Waals surface area (Å²) in [5, 5.41) is 13.8. The van der Waals surface area contributed by atoms with Gasteiger partial charge in [0.15, 0.2) is 11.6 Å². The van der Waals surface area contributed by atoms with Crippen LogP contribution in [0.1, 0.15) is 29.2 Å². The van der Waals surface area contributed by atoms with Gasteiger partial charge >= 0.3 is 12.2 Å². The molecule has 6 rings (SSSR count). The van der Waals surface area contributed by atoms with Gasteiger partial charge in [0, 0.05) is 61.8 Å². The van der Waals surface area contributed by atoms with Crippen LogP contribution in [-0.2, 0) is 18.9 Å². The van der Waals surface area contributed by atoms with E-state index in [1.165, 1.54) is 18.2 Å². The van der Waals surface area contributed by atoms with Gasteiger partial charge in [0.05, 0.1) is 65.7 Å². The van der Waals surface area contributed by atoms with E-state index in [0.29, 0.717) is 69.5 Å². The fourth-order valence-corrected chi connectivity index (χ4v) is 5.97. The van der Waals surface area contributed by atoms with E-state index in [0.717, 1.165) is 48.7 Å². The number of nitrogens with one attached hydrogen (secondary N) is 4. The van der Waals surface area contributed by atoms with Gasteiger partial charge < -0.3 is 48.9 Å². The second kappa shape index (κ2) is 25.1. The minimum atomic E-state index is -0.499. The van der Waals surface area contributed by atoms with E-state index in [1.54, 1.807) is 19.4 Å². The van der Waals surface area contributed by atoms with E-state index in [1.807, 2.05) is 86.6 Å². The molecule has 2 saturated heterocycles. The molecular formula is C43H56N10O8. The first-order valence-electron chi connectivity index (χ1n) is 20.2. The number of morpholine rings is 2. The Morgan fingerprint density at radius 2 is 1.15 bits per heavy atom. The summed E-state index contributed by atoms with van der Waals surface area (Å²) < 4.78 is 31.7. The number of aryl methyl sites for hydroxylation is 2. The molecular weight excluding hydrogens is 785 g/mol. The van der Waals surface area contributed by atoms with Gasteiger partial charge in [-0.2, -0.15) is 20.2 Å². The van der Waals surface area contributed by atoms with Crippen molar-refractivity contribution in [1.29, 1.82) is 0 Å². The summed E-state index contributed by atoms with van der Waals surface area (Å²) in [6.07, 6.45) is 2.53. The molecule has 0 saturated carbocycles. The minimum Gasteiger partial charge on any atom is -0.476 e. The maximum atomic E-state index is 11.4. The van der Waals surface area contributed by atoms with E-state index in [2.05, 4.69) is 56.2 Å². The topological polar surface area (TPSA) is 195 Å². The number of methoxy groups -OCH3 is 1. The lowest BCUT2D eigenvalue weighted by Crippen LogP contribution is -2.36. The fourth-order valence-electron chi connectivity index (χ4n) is 5.97. The molecule has 0 unspecified atom stereocenters. The summed E-state index contributed by atoms with van der Waals surface area (Å²) >= 11 is 0. The maximum absolute atomic E-state index is 11.4. The van der Waals surface area contributed by atoms with Crippen LogP contribution in [0, 0.1) is 13.8 Å². The van der Waals surface area contributed by atoms with Crippen LogP contribution in [0.5, 0.6) is 11.8 Å². The van der Waals surface area contributed by atoms with Gasteiger partial charge in [-0.25, -0.2) is 9.59 Å². The molecule has 326 valence electrons. The number of hydrogen-bond donors (Lipinski definition) is 4. The summed E-state index contributed by atoms with van der Waals surface area (Å²) in [4.78, 5) is 35.9. The number of pyridine rings is 2. The molecule has 2 fully saturated rings. The Labute approximate surface area is 356 Å². The zero-order chi connectivity index (χ0) is 43.1. The first-order valence-corrected chi connectivity index (χ1v) is 20.2. The highest BCUT2D eigenvalue weighted by molar-refractivity contribution is 5.81. The first-order chi connectivity index (χ1) is 29.8. The lowest BCUT2D eigenvalue weighted by molar-refractivity contribution is 0.122. The molecule has 2 aliphatic rings. The number of hydrogen-bond acceptors (Lipinski definition) is 16. The summed E-state index contributed by atoms with van der Waals surface area (Å²) in [5.74, 6) is 2.03. The van der Waals surface area contributed by atoms with Crippen LogP contribution < -0.4 is 40.8 Å². The van der Waals surface area contributed by atoms with Gasteiger partial charge in [-0.15, -0.1) is 0 Å². The third-order valence-electron chi connectivity index (χ3n) is 8.90. The van der Waals surface area contributed by atoms with Crippen molar-refractivity contribution in [2.75, 3.05) is 113 Å². The zero-order valence-corrected chi connectivity index (χ0v) is 35.2. The van der Waals surface area contributed by atoms with Crippen molar-refractivity contribution in [2.45, 2.75) is 20.8 Å². The second-order valence-electron chi connectivity index (χ2n) is 13.6. The monoisotopic (exact) mass is 840 g/mol. The van der Waals surface area contributed by atoms with Crippen LogP contribution >= 0.6 is 0 Å². The molecule has 2 aromatic heterocycles. The van der Waals surface area contributed by atoms with Gasteiger partial charge in [0.25, 0.3) is 0 Å². The number of aromatic nitrogens is 2. The van der Waals surface area contributed by atoms with Crippen LogP contribution in [0.25, 0.3) is 0 Å². The standard InChI is InChI=1S/C22H29N5O4.C21H27N5O4/c1-3-30-22(28)23-7-10-31-21-15-19(27-8-11-29-12-9-27)14-20(25-21)26-24-16-18-6-4-5-17(2)13-18;1-16-4-3-5-17(12-16)15-23-25-19-13-18(26-7-10-29-11-8-26)14-20(24-19)30-9-6-22-21(27)28-2/h4-6,13-16H,3,7-12H2,1-2H3,(H,23,28)(H,25,26);3-5,12-15H,6-11H2,1-2H3,(H,22,27)(H,24,25)/b24-16+;23-15+. The molecule has 2 aliphatic heterocycles. The van der Waals surface area contributed by atoms with E-state index in [4.69, 9.17) is 23.7 Å². The molecule has 0 bridgehead atoms. The molecule has 4 N–H and O–H groups in total. The summed E-state index contributed by atoms with van der Waals surface area (Å²) in [5.41, 5.74) is 12.2. The molecule has 18 nitrogen and oxygen atoms in total. The predicted molar refractivity (Wildman–Crippen MR) is 236 cm³/mol. The van der Waals surface area contributed by atoms with Crippen molar-refractivity contribution in [3.05, 3.63) is 95.1 Å².